The van der Waals surface area contributed by atoms with Gasteiger partial charge < -0.3 is 10.0 Å². The van der Waals surface area contributed by atoms with Gasteiger partial charge >= 0.3 is 5.97 Å². The molecule has 1 aliphatic rings. The van der Waals surface area contributed by atoms with Crippen molar-refractivity contribution >= 4 is 5.97 Å². The molecule has 1 saturated heterocycles. The molecule has 1 fully saturated rings. The molecule has 0 saturated carbocycles. The predicted molar refractivity (Wildman–Crippen MR) is 60.0 cm³/mol. The zero-order chi connectivity index (χ0) is 11.3. The smallest absolute Gasteiger partial charge is 0.304 e. The van der Waals surface area contributed by atoms with E-state index in [2.05, 4.69) is 23.6 Å². The van der Waals surface area contributed by atoms with Crippen LogP contribution in [0.3, 0.4) is 0 Å². The van der Waals surface area contributed by atoms with Gasteiger partial charge in [0.2, 0.25) is 0 Å². The number of hydrogen-bond donors (Lipinski definition) is 1. The molecule has 4 nitrogen and oxygen atoms in total. The van der Waals surface area contributed by atoms with Gasteiger partial charge in [0.15, 0.2) is 0 Å². The van der Waals surface area contributed by atoms with E-state index in [1.807, 2.05) is 0 Å². The fraction of sp³-hybridized carbons (Fsp3) is 0.909. The Morgan fingerprint density at radius 3 is 2.67 bits per heavy atom. The Morgan fingerprint density at radius 2 is 2.13 bits per heavy atom. The Labute approximate surface area is 91.9 Å². The summed E-state index contributed by atoms with van der Waals surface area (Å²) in [5.41, 5.74) is 0. The van der Waals surface area contributed by atoms with Gasteiger partial charge in [-0.2, -0.15) is 0 Å². The van der Waals surface area contributed by atoms with Crippen LogP contribution in [0.25, 0.3) is 0 Å². The Kier molecular flexibility index (Phi) is 5.05. The highest BCUT2D eigenvalue weighted by Crippen LogP contribution is 2.15. The van der Waals surface area contributed by atoms with Crippen LogP contribution in [0.15, 0.2) is 0 Å². The maximum atomic E-state index is 10.4. The molecular weight excluding hydrogens is 192 g/mol. The summed E-state index contributed by atoms with van der Waals surface area (Å²) in [7, 11) is 0. The van der Waals surface area contributed by atoms with E-state index in [1.165, 1.54) is 6.42 Å². The molecule has 0 aromatic carbocycles. The third-order valence-electron chi connectivity index (χ3n) is 3.22. The fourth-order valence-electron chi connectivity index (χ4n) is 2.31. The van der Waals surface area contributed by atoms with Crippen LogP contribution >= 0.6 is 0 Å². The zero-order valence-corrected chi connectivity index (χ0v) is 9.78. The molecule has 0 bridgehead atoms. The van der Waals surface area contributed by atoms with Gasteiger partial charge in [-0.05, 0) is 26.1 Å². The minimum Gasteiger partial charge on any atom is -0.481 e. The highest BCUT2D eigenvalue weighted by atomic mass is 16.4. The molecule has 0 aromatic heterocycles. The molecule has 88 valence electrons. The lowest BCUT2D eigenvalue weighted by Gasteiger charge is -2.26. The van der Waals surface area contributed by atoms with Crippen LogP contribution in [0.2, 0.25) is 0 Å². The Morgan fingerprint density at radius 1 is 1.47 bits per heavy atom. The number of likely N-dealkylation sites (N-methyl/N-ethyl adjacent to an activating group) is 1. The maximum absolute atomic E-state index is 10.4. The van der Waals surface area contributed by atoms with Crippen molar-refractivity contribution in [3.05, 3.63) is 0 Å². The second-order valence-electron chi connectivity index (χ2n) is 4.11. The summed E-state index contributed by atoms with van der Waals surface area (Å²) < 4.78 is 0. The summed E-state index contributed by atoms with van der Waals surface area (Å²) in [5.74, 6) is -0.693. The van der Waals surface area contributed by atoms with Crippen molar-refractivity contribution in [2.45, 2.75) is 32.7 Å². The predicted octanol–water partition coefficient (Wildman–Crippen LogP) is 0.877. The molecule has 0 radical (unpaired) electrons. The van der Waals surface area contributed by atoms with Crippen molar-refractivity contribution in [3.63, 3.8) is 0 Å². The molecule has 0 aromatic rings. The third-order valence-corrected chi connectivity index (χ3v) is 3.22. The number of likely N-dealkylation sites (tertiary alicyclic amines) is 1. The van der Waals surface area contributed by atoms with Crippen LogP contribution in [-0.2, 0) is 4.79 Å². The quantitative estimate of drug-likeness (QED) is 0.713. The van der Waals surface area contributed by atoms with Gasteiger partial charge in [0.25, 0.3) is 0 Å². The maximum Gasteiger partial charge on any atom is 0.304 e. The molecule has 1 rings (SSSR count). The lowest BCUT2D eigenvalue weighted by Crippen LogP contribution is -2.37. The van der Waals surface area contributed by atoms with Crippen LogP contribution in [0, 0.1) is 0 Å². The number of carbonyl (C=O) groups is 1. The number of rotatable bonds is 6. The number of nitrogens with zero attached hydrogens (tertiary/aromatic N) is 2. The molecule has 1 N–H and O–H groups in total. The molecule has 1 atom stereocenters. The monoisotopic (exact) mass is 214 g/mol. The summed E-state index contributed by atoms with van der Waals surface area (Å²) in [6.07, 6.45) is 1.45. The van der Waals surface area contributed by atoms with Crippen molar-refractivity contribution in [1.29, 1.82) is 0 Å². The summed E-state index contributed by atoms with van der Waals surface area (Å²) in [6.45, 7) is 9.34. The third kappa shape index (κ3) is 3.80. The average molecular weight is 214 g/mol. The Balaban J connectivity index is 2.28. The van der Waals surface area contributed by atoms with E-state index in [0.29, 0.717) is 12.6 Å². The zero-order valence-electron chi connectivity index (χ0n) is 9.78. The lowest BCUT2D eigenvalue weighted by molar-refractivity contribution is -0.137. The van der Waals surface area contributed by atoms with Gasteiger partial charge in [-0.3, -0.25) is 9.69 Å². The molecule has 0 spiro atoms. The Hall–Kier alpha value is -0.610. The van der Waals surface area contributed by atoms with Crippen LogP contribution in [0.4, 0.5) is 0 Å². The minimum atomic E-state index is -0.693. The Bertz CT molecular complexity index is 205. The number of hydrogen-bond acceptors (Lipinski definition) is 3. The minimum absolute atomic E-state index is 0.269. The molecule has 15 heavy (non-hydrogen) atoms. The van der Waals surface area contributed by atoms with Crippen LogP contribution in [0.5, 0.6) is 0 Å². The average Bonchev–Trinajstić information content (AvgIpc) is 2.65. The molecule has 1 aliphatic heterocycles. The van der Waals surface area contributed by atoms with Gasteiger partial charge in [0.05, 0.1) is 6.42 Å². The lowest BCUT2D eigenvalue weighted by atomic mass is 10.2. The van der Waals surface area contributed by atoms with Gasteiger partial charge in [-0.15, -0.1) is 0 Å². The first-order valence-corrected chi connectivity index (χ1v) is 5.85. The SMILES string of the molecule is CCN(CC)C1CCN(CCC(=O)O)C1. The second kappa shape index (κ2) is 6.08. The summed E-state index contributed by atoms with van der Waals surface area (Å²) in [6, 6.07) is 0.633. The number of carboxylic acid groups (broad SMARTS) is 1. The van der Waals surface area contributed by atoms with Gasteiger partial charge in [-0.1, -0.05) is 13.8 Å². The van der Waals surface area contributed by atoms with E-state index in [1.54, 1.807) is 0 Å². The van der Waals surface area contributed by atoms with E-state index >= 15 is 0 Å². The first kappa shape index (κ1) is 12.5. The molecule has 1 heterocycles. The van der Waals surface area contributed by atoms with Crippen molar-refractivity contribution < 1.29 is 9.90 Å². The van der Waals surface area contributed by atoms with E-state index < -0.39 is 5.97 Å². The molecule has 1 unspecified atom stereocenters. The van der Waals surface area contributed by atoms with Gasteiger partial charge in [0.1, 0.15) is 0 Å². The van der Waals surface area contributed by atoms with Crippen molar-refractivity contribution in [2.75, 3.05) is 32.7 Å². The van der Waals surface area contributed by atoms with E-state index in [-0.39, 0.29) is 6.42 Å². The normalized spacial score (nSPS) is 22.5. The van der Waals surface area contributed by atoms with Crippen LogP contribution in [-0.4, -0.2) is 59.6 Å². The van der Waals surface area contributed by atoms with Crippen molar-refractivity contribution in [1.82, 2.24) is 9.80 Å². The standard InChI is InChI=1S/C11H22N2O2/c1-3-13(4-2)10-5-7-12(9-10)8-6-11(14)15/h10H,3-9H2,1-2H3,(H,14,15). The van der Waals surface area contributed by atoms with Crippen LogP contribution < -0.4 is 0 Å². The van der Waals surface area contributed by atoms with E-state index in [9.17, 15) is 4.79 Å². The molecule has 0 aliphatic carbocycles. The molecule has 4 heteroatoms. The van der Waals surface area contributed by atoms with Crippen LogP contribution in [0.1, 0.15) is 26.7 Å². The van der Waals surface area contributed by atoms with Crippen molar-refractivity contribution in [3.8, 4) is 0 Å². The highest BCUT2D eigenvalue weighted by molar-refractivity contribution is 5.66. The first-order valence-electron chi connectivity index (χ1n) is 5.85. The van der Waals surface area contributed by atoms with Gasteiger partial charge in [-0.25, -0.2) is 0 Å². The molecular formula is C11H22N2O2. The summed E-state index contributed by atoms with van der Waals surface area (Å²) in [5, 5.41) is 8.60. The number of carboxylic acids is 1. The van der Waals surface area contributed by atoms with Crippen molar-refractivity contribution in [2.24, 2.45) is 0 Å². The largest absolute Gasteiger partial charge is 0.481 e. The molecule has 0 amide bonds. The summed E-state index contributed by atoms with van der Waals surface area (Å²) in [4.78, 5) is 15.2. The first-order chi connectivity index (χ1) is 7.17. The number of aliphatic carboxylic acids is 1. The fourth-order valence-corrected chi connectivity index (χ4v) is 2.31. The van der Waals surface area contributed by atoms with Gasteiger partial charge in [0, 0.05) is 19.1 Å². The topological polar surface area (TPSA) is 43.8 Å². The van der Waals surface area contributed by atoms with E-state index in [0.717, 1.165) is 26.2 Å². The highest BCUT2D eigenvalue weighted by Gasteiger charge is 2.25. The summed E-state index contributed by atoms with van der Waals surface area (Å²) >= 11 is 0. The van der Waals surface area contributed by atoms with E-state index in [4.69, 9.17) is 5.11 Å². The second-order valence-corrected chi connectivity index (χ2v) is 4.11.